The van der Waals surface area contributed by atoms with E-state index in [1.54, 1.807) is 31.2 Å². The molecule has 1 aliphatic carbocycles. The number of amides is 1. The summed E-state index contributed by atoms with van der Waals surface area (Å²) in [5, 5.41) is 4.28. The van der Waals surface area contributed by atoms with Crippen LogP contribution in [0.4, 0.5) is 0 Å². The molecule has 1 aliphatic rings. The van der Waals surface area contributed by atoms with Crippen LogP contribution in [-0.2, 0) is 9.84 Å². The Hall–Kier alpha value is -2.45. The van der Waals surface area contributed by atoms with E-state index in [1.807, 2.05) is 0 Å². The number of hydrogen-bond donors (Lipinski definition) is 1. The molecule has 0 bridgehead atoms. The highest BCUT2D eigenvalue weighted by molar-refractivity contribution is 7.93. The number of aromatic nitrogens is 2. The summed E-state index contributed by atoms with van der Waals surface area (Å²) in [6.45, 7) is 1.67. The Morgan fingerprint density at radius 2 is 2.07 bits per heavy atom. The lowest BCUT2D eigenvalue weighted by Crippen LogP contribution is -2.31. The van der Waals surface area contributed by atoms with E-state index in [2.05, 4.69) is 15.3 Å². The van der Waals surface area contributed by atoms with Crippen LogP contribution in [0.3, 0.4) is 0 Å². The van der Waals surface area contributed by atoms with Crippen molar-refractivity contribution in [1.29, 1.82) is 0 Å². The zero-order valence-electron chi connectivity index (χ0n) is 16.8. The first kappa shape index (κ1) is 22.2. The van der Waals surface area contributed by atoms with Crippen molar-refractivity contribution >= 4 is 27.3 Å². The molecular weight excluding hydrogens is 426 g/mol. The average molecular weight is 450 g/mol. The zero-order valence-corrected chi connectivity index (χ0v) is 18.4. The first-order valence-electron chi connectivity index (χ1n) is 9.71. The van der Waals surface area contributed by atoms with Gasteiger partial charge in [-0.15, -0.1) is 0 Å². The highest BCUT2D eigenvalue weighted by atomic mass is 35.5. The third-order valence-electron chi connectivity index (χ3n) is 4.72. The summed E-state index contributed by atoms with van der Waals surface area (Å²) in [6.07, 6.45) is 8.23. The van der Waals surface area contributed by atoms with Gasteiger partial charge < -0.3 is 10.1 Å². The third kappa shape index (κ3) is 6.27. The molecule has 1 aromatic carbocycles. The Balaban J connectivity index is 1.87. The van der Waals surface area contributed by atoms with Crippen LogP contribution in [0.1, 0.15) is 54.7 Å². The highest BCUT2D eigenvalue weighted by Gasteiger charge is 2.24. The van der Waals surface area contributed by atoms with Gasteiger partial charge in [0, 0.05) is 34.8 Å². The molecule has 0 spiro atoms. The van der Waals surface area contributed by atoms with Gasteiger partial charge in [-0.1, -0.05) is 36.6 Å². The third-order valence-corrected chi connectivity index (χ3v) is 5.61. The number of ether oxygens (including phenoxy) is 1. The van der Waals surface area contributed by atoms with E-state index in [9.17, 15) is 13.2 Å². The van der Waals surface area contributed by atoms with Crippen molar-refractivity contribution in [1.82, 2.24) is 15.3 Å². The van der Waals surface area contributed by atoms with E-state index in [-0.39, 0.29) is 17.4 Å². The van der Waals surface area contributed by atoms with E-state index in [1.165, 1.54) is 12.3 Å². The molecule has 0 radical (unpaired) electrons. The SMILES string of the molecule is C[C@@H](/C=C/S(C)(=O)=O)NC(=O)c1cnc(C2CCCC2)nc1Oc1cccc(Cl)c1. The zero-order chi connectivity index (χ0) is 21.7. The van der Waals surface area contributed by atoms with Crippen molar-refractivity contribution in [3.8, 4) is 11.6 Å². The van der Waals surface area contributed by atoms with Gasteiger partial charge in [0.1, 0.15) is 17.1 Å². The molecule has 9 heteroatoms. The maximum absolute atomic E-state index is 12.8. The van der Waals surface area contributed by atoms with Crippen molar-refractivity contribution in [3.05, 3.63) is 58.4 Å². The smallest absolute Gasteiger partial charge is 0.258 e. The molecule has 0 unspecified atom stereocenters. The number of nitrogens with zero attached hydrogens (tertiary/aromatic N) is 2. The van der Waals surface area contributed by atoms with Crippen LogP contribution in [-0.4, -0.2) is 36.6 Å². The normalized spacial score (nSPS) is 16.0. The molecule has 0 saturated heterocycles. The maximum atomic E-state index is 12.8. The standard InChI is InChI=1S/C21H24ClN3O4S/c1-14(10-11-30(2,27)28)24-20(26)18-13-23-19(15-6-3-4-7-15)25-21(18)29-17-9-5-8-16(22)12-17/h5,8-15H,3-4,6-7H2,1-2H3,(H,24,26)/b11-10+/t14-/m0/s1. The van der Waals surface area contributed by atoms with E-state index < -0.39 is 21.8 Å². The number of carbonyl (C=O) groups excluding carboxylic acids is 1. The molecule has 1 N–H and O–H groups in total. The van der Waals surface area contributed by atoms with Crippen LogP contribution < -0.4 is 10.1 Å². The van der Waals surface area contributed by atoms with Gasteiger partial charge in [-0.25, -0.2) is 13.4 Å². The number of halogens is 1. The number of sulfone groups is 1. The average Bonchev–Trinajstić information content (AvgIpc) is 3.20. The van der Waals surface area contributed by atoms with E-state index in [0.717, 1.165) is 37.3 Å². The lowest BCUT2D eigenvalue weighted by atomic mass is 10.1. The van der Waals surface area contributed by atoms with Gasteiger partial charge in [-0.05, 0) is 38.0 Å². The molecule has 0 aliphatic heterocycles. The molecule has 1 saturated carbocycles. The number of benzene rings is 1. The predicted octanol–water partition coefficient (Wildman–Crippen LogP) is 4.26. The fourth-order valence-electron chi connectivity index (χ4n) is 3.23. The molecule has 1 heterocycles. The molecule has 3 rings (SSSR count). The lowest BCUT2D eigenvalue weighted by molar-refractivity contribution is 0.0943. The Morgan fingerprint density at radius 3 is 2.73 bits per heavy atom. The molecule has 7 nitrogen and oxygen atoms in total. The van der Waals surface area contributed by atoms with Crippen LogP contribution in [0.5, 0.6) is 11.6 Å². The number of nitrogens with one attached hydrogen (secondary N) is 1. The van der Waals surface area contributed by atoms with E-state index in [0.29, 0.717) is 16.6 Å². The molecule has 30 heavy (non-hydrogen) atoms. The lowest BCUT2D eigenvalue weighted by Gasteiger charge is -2.15. The highest BCUT2D eigenvalue weighted by Crippen LogP contribution is 2.34. The van der Waals surface area contributed by atoms with E-state index >= 15 is 0 Å². The Morgan fingerprint density at radius 1 is 1.33 bits per heavy atom. The summed E-state index contributed by atoms with van der Waals surface area (Å²) in [5.74, 6) is 1.05. The topological polar surface area (TPSA) is 98.2 Å². The monoisotopic (exact) mass is 449 g/mol. The van der Waals surface area contributed by atoms with Crippen molar-refractivity contribution in [2.75, 3.05) is 6.26 Å². The molecular formula is C21H24ClN3O4S. The Labute approximate surface area is 181 Å². The van der Waals surface area contributed by atoms with Crippen molar-refractivity contribution in [2.45, 2.75) is 44.6 Å². The largest absolute Gasteiger partial charge is 0.438 e. The Bertz CT molecular complexity index is 1050. The summed E-state index contributed by atoms with van der Waals surface area (Å²) in [5.41, 5.74) is 0.163. The molecule has 2 aromatic rings. The minimum absolute atomic E-state index is 0.144. The first-order chi connectivity index (χ1) is 14.2. The summed E-state index contributed by atoms with van der Waals surface area (Å²) < 4.78 is 28.5. The van der Waals surface area contributed by atoms with Gasteiger partial charge in [0.05, 0.1) is 0 Å². The minimum atomic E-state index is -3.28. The number of rotatable bonds is 7. The van der Waals surface area contributed by atoms with Crippen LogP contribution in [0.15, 0.2) is 41.9 Å². The van der Waals surface area contributed by atoms with Gasteiger partial charge in [-0.3, -0.25) is 4.79 Å². The molecule has 1 aromatic heterocycles. The van der Waals surface area contributed by atoms with Gasteiger partial charge in [0.2, 0.25) is 5.88 Å². The minimum Gasteiger partial charge on any atom is -0.438 e. The van der Waals surface area contributed by atoms with Crippen molar-refractivity contribution in [3.63, 3.8) is 0 Å². The van der Waals surface area contributed by atoms with Gasteiger partial charge in [-0.2, -0.15) is 4.98 Å². The summed E-state index contributed by atoms with van der Waals surface area (Å²) >= 11 is 6.04. The second-order valence-electron chi connectivity index (χ2n) is 7.41. The molecule has 1 atom stereocenters. The van der Waals surface area contributed by atoms with Gasteiger partial charge >= 0.3 is 0 Å². The fraction of sp³-hybridized carbons (Fsp3) is 0.381. The summed E-state index contributed by atoms with van der Waals surface area (Å²) in [4.78, 5) is 21.8. The molecule has 160 valence electrons. The molecule has 1 amide bonds. The quantitative estimate of drug-likeness (QED) is 0.678. The summed E-state index contributed by atoms with van der Waals surface area (Å²) in [6, 6.07) is 6.32. The van der Waals surface area contributed by atoms with Crippen LogP contribution in [0.2, 0.25) is 5.02 Å². The molecule has 1 fully saturated rings. The second-order valence-corrected chi connectivity index (χ2v) is 9.78. The van der Waals surface area contributed by atoms with Crippen LogP contribution >= 0.6 is 11.6 Å². The van der Waals surface area contributed by atoms with Crippen LogP contribution in [0.25, 0.3) is 0 Å². The maximum Gasteiger partial charge on any atom is 0.258 e. The number of carbonyl (C=O) groups is 1. The van der Waals surface area contributed by atoms with Gasteiger partial charge in [0.15, 0.2) is 9.84 Å². The predicted molar refractivity (Wildman–Crippen MR) is 116 cm³/mol. The Kier molecular flexibility index (Phi) is 7.10. The summed E-state index contributed by atoms with van der Waals surface area (Å²) in [7, 11) is -3.28. The fourth-order valence-corrected chi connectivity index (χ4v) is 3.93. The first-order valence-corrected chi connectivity index (χ1v) is 12.0. The van der Waals surface area contributed by atoms with Crippen molar-refractivity contribution in [2.24, 2.45) is 0 Å². The van der Waals surface area contributed by atoms with Crippen LogP contribution in [0, 0.1) is 0 Å². The van der Waals surface area contributed by atoms with Crippen molar-refractivity contribution < 1.29 is 17.9 Å². The second kappa shape index (κ2) is 9.57. The van der Waals surface area contributed by atoms with E-state index in [4.69, 9.17) is 16.3 Å². The number of hydrogen-bond acceptors (Lipinski definition) is 6. The van der Waals surface area contributed by atoms with Gasteiger partial charge in [0.25, 0.3) is 5.91 Å².